The summed E-state index contributed by atoms with van der Waals surface area (Å²) in [5.41, 5.74) is -1.11. The Hall–Kier alpha value is -1.28. The predicted molar refractivity (Wildman–Crippen MR) is 53.1 cm³/mol. The molecule has 0 heterocycles. The molecule has 0 amide bonds. The van der Waals surface area contributed by atoms with Crippen molar-refractivity contribution in [1.82, 2.24) is 0 Å². The normalized spacial score (nSPS) is 12.6. The molecule has 1 N–H and O–H groups in total. The van der Waals surface area contributed by atoms with Crippen LogP contribution in [-0.4, -0.2) is 13.0 Å². The molecule has 0 aliphatic heterocycles. The monoisotopic (exact) mass is 270 g/mol. The lowest BCUT2D eigenvalue weighted by molar-refractivity contribution is -0.138. The van der Waals surface area contributed by atoms with Gasteiger partial charge in [0.25, 0.3) is 0 Å². The molecule has 0 unspecified atom stereocenters. The smallest absolute Gasteiger partial charge is 0.362 e. The van der Waals surface area contributed by atoms with Crippen LogP contribution in [0.25, 0.3) is 0 Å². The predicted octanol–water partition coefficient (Wildman–Crippen LogP) is 2.50. The fraction of sp³-hybridized carbons (Fsp3) is 0.333. The molecular formula is C9H9F3O4S. The Morgan fingerprint density at radius 3 is 2.12 bits per heavy atom. The molecule has 0 bridgehead atoms. The Bertz CT molecular complexity index is 534. The van der Waals surface area contributed by atoms with Crippen molar-refractivity contribution in [3.05, 3.63) is 28.8 Å². The van der Waals surface area contributed by atoms with Gasteiger partial charge in [0.1, 0.15) is 5.75 Å². The highest BCUT2D eigenvalue weighted by atomic mass is 32.3. The van der Waals surface area contributed by atoms with Crippen LogP contribution < -0.4 is 4.18 Å². The molecule has 0 atom stereocenters. The molecule has 0 radical (unpaired) electrons. The molecule has 1 rings (SSSR count). The van der Waals surface area contributed by atoms with Crippen molar-refractivity contribution in [2.45, 2.75) is 20.0 Å². The second kappa shape index (κ2) is 4.19. The van der Waals surface area contributed by atoms with Crippen molar-refractivity contribution in [2.75, 3.05) is 0 Å². The first-order valence-corrected chi connectivity index (χ1v) is 5.72. The van der Waals surface area contributed by atoms with Crippen molar-refractivity contribution >= 4 is 10.4 Å². The number of aryl methyl sites for hydroxylation is 2. The number of rotatable bonds is 2. The van der Waals surface area contributed by atoms with Crippen LogP contribution in [0.1, 0.15) is 16.7 Å². The molecule has 96 valence electrons. The van der Waals surface area contributed by atoms with Crippen molar-refractivity contribution in [2.24, 2.45) is 0 Å². The highest BCUT2D eigenvalue weighted by molar-refractivity contribution is 7.81. The summed E-state index contributed by atoms with van der Waals surface area (Å²) in [4.78, 5) is 0. The van der Waals surface area contributed by atoms with E-state index in [1.165, 1.54) is 13.8 Å². The molecule has 1 aromatic carbocycles. The van der Waals surface area contributed by atoms with Gasteiger partial charge in [-0.1, -0.05) is 0 Å². The summed E-state index contributed by atoms with van der Waals surface area (Å²) in [5.74, 6) is -0.335. The molecule has 0 aliphatic rings. The highest BCUT2D eigenvalue weighted by Crippen LogP contribution is 2.35. The lowest BCUT2D eigenvalue weighted by Gasteiger charge is -2.13. The Balaban J connectivity index is 3.29. The van der Waals surface area contributed by atoms with Crippen molar-refractivity contribution < 1.29 is 30.3 Å². The van der Waals surface area contributed by atoms with Gasteiger partial charge in [-0.25, -0.2) is 0 Å². The van der Waals surface area contributed by atoms with E-state index in [0.717, 1.165) is 12.1 Å². The van der Waals surface area contributed by atoms with E-state index in [9.17, 15) is 21.6 Å². The van der Waals surface area contributed by atoms with Crippen LogP contribution in [-0.2, 0) is 16.6 Å². The Morgan fingerprint density at radius 1 is 1.18 bits per heavy atom. The summed E-state index contributed by atoms with van der Waals surface area (Å²) in [6, 6.07) is 1.67. The zero-order chi connectivity index (χ0) is 13.4. The summed E-state index contributed by atoms with van der Waals surface area (Å²) in [5, 5.41) is 0. The van der Waals surface area contributed by atoms with Gasteiger partial charge in [-0.05, 0) is 37.1 Å². The molecule has 0 aliphatic carbocycles. The Labute approximate surface area is 96.0 Å². The first-order chi connectivity index (χ1) is 7.50. The molecule has 0 aromatic heterocycles. The molecule has 4 nitrogen and oxygen atoms in total. The largest absolute Gasteiger partial charge is 0.446 e. The molecule has 1 aromatic rings. The van der Waals surface area contributed by atoms with E-state index in [1.807, 2.05) is 0 Å². The quantitative estimate of drug-likeness (QED) is 0.839. The summed E-state index contributed by atoms with van der Waals surface area (Å²) >= 11 is 0. The third-order valence-electron chi connectivity index (χ3n) is 2.02. The van der Waals surface area contributed by atoms with Crippen LogP contribution in [0.3, 0.4) is 0 Å². The van der Waals surface area contributed by atoms with Crippen LogP contribution >= 0.6 is 0 Å². The van der Waals surface area contributed by atoms with Gasteiger partial charge in [-0.15, -0.1) is 0 Å². The summed E-state index contributed by atoms with van der Waals surface area (Å²) in [6.07, 6.45) is -4.52. The van der Waals surface area contributed by atoms with E-state index in [-0.39, 0.29) is 16.9 Å². The summed E-state index contributed by atoms with van der Waals surface area (Å²) in [6.45, 7) is 2.41. The molecular weight excluding hydrogens is 261 g/mol. The lowest BCUT2D eigenvalue weighted by Crippen LogP contribution is -2.11. The molecule has 0 spiro atoms. The van der Waals surface area contributed by atoms with Gasteiger partial charge in [0.15, 0.2) is 0 Å². The number of benzene rings is 1. The minimum atomic E-state index is -4.75. The number of hydrogen-bond donors (Lipinski definition) is 1. The van der Waals surface area contributed by atoms with Crippen LogP contribution in [0.15, 0.2) is 12.1 Å². The van der Waals surface area contributed by atoms with Crippen LogP contribution in [0.2, 0.25) is 0 Å². The Kier molecular flexibility index (Phi) is 3.40. The van der Waals surface area contributed by atoms with Gasteiger partial charge in [-0.3, -0.25) is 4.55 Å². The number of halogens is 3. The zero-order valence-corrected chi connectivity index (χ0v) is 9.69. The van der Waals surface area contributed by atoms with E-state index in [4.69, 9.17) is 4.55 Å². The van der Waals surface area contributed by atoms with Crippen LogP contribution in [0.5, 0.6) is 5.75 Å². The standard InChI is InChI=1S/C9H9F3O4S/c1-5-4-8(16-17(13,14)15)6(2)3-7(5)9(10,11)12/h3-4H,1-2H3,(H,13,14,15). The first-order valence-electron chi connectivity index (χ1n) is 4.36. The summed E-state index contributed by atoms with van der Waals surface area (Å²) < 4.78 is 71.0. The number of hydrogen-bond acceptors (Lipinski definition) is 3. The average Bonchev–Trinajstić information content (AvgIpc) is 2.06. The van der Waals surface area contributed by atoms with Gasteiger partial charge >= 0.3 is 16.6 Å². The molecule has 8 heteroatoms. The van der Waals surface area contributed by atoms with E-state index < -0.39 is 22.1 Å². The third kappa shape index (κ3) is 3.60. The topological polar surface area (TPSA) is 63.6 Å². The Morgan fingerprint density at radius 2 is 1.71 bits per heavy atom. The first kappa shape index (κ1) is 13.8. The molecule has 17 heavy (non-hydrogen) atoms. The number of alkyl halides is 3. The SMILES string of the molecule is Cc1cc(C(F)(F)F)c(C)cc1OS(=O)(=O)O. The van der Waals surface area contributed by atoms with Gasteiger partial charge in [0.05, 0.1) is 5.56 Å². The molecule has 0 saturated heterocycles. The van der Waals surface area contributed by atoms with Crippen molar-refractivity contribution in [1.29, 1.82) is 0 Å². The maximum atomic E-state index is 12.5. The van der Waals surface area contributed by atoms with Crippen molar-refractivity contribution in [3.63, 3.8) is 0 Å². The van der Waals surface area contributed by atoms with E-state index in [1.54, 1.807) is 0 Å². The van der Waals surface area contributed by atoms with Crippen LogP contribution in [0.4, 0.5) is 13.2 Å². The zero-order valence-electron chi connectivity index (χ0n) is 8.87. The minimum Gasteiger partial charge on any atom is -0.362 e. The molecule has 0 saturated carbocycles. The van der Waals surface area contributed by atoms with E-state index >= 15 is 0 Å². The highest BCUT2D eigenvalue weighted by Gasteiger charge is 2.33. The third-order valence-corrected chi connectivity index (χ3v) is 2.41. The summed E-state index contributed by atoms with van der Waals surface area (Å²) in [7, 11) is -4.75. The van der Waals surface area contributed by atoms with E-state index in [2.05, 4.69) is 4.18 Å². The van der Waals surface area contributed by atoms with Gasteiger partial charge in [0, 0.05) is 0 Å². The van der Waals surface area contributed by atoms with Crippen molar-refractivity contribution in [3.8, 4) is 5.75 Å². The van der Waals surface area contributed by atoms with Gasteiger partial charge < -0.3 is 4.18 Å². The maximum Gasteiger partial charge on any atom is 0.446 e. The lowest BCUT2D eigenvalue weighted by atomic mass is 10.0. The van der Waals surface area contributed by atoms with Crippen LogP contribution in [0, 0.1) is 13.8 Å². The molecule has 0 fully saturated rings. The van der Waals surface area contributed by atoms with Gasteiger partial charge in [0.2, 0.25) is 0 Å². The second-order valence-electron chi connectivity index (χ2n) is 3.44. The fourth-order valence-corrected chi connectivity index (χ4v) is 1.70. The second-order valence-corrected chi connectivity index (χ2v) is 4.46. The average molecular weight is 270 g/mol. The fourth-order valence-electron chi connectivity index (χ4n) is 1.30. The van der Waals surface area contributed by atoms with E-state index in [0.29, 0.717) is 0 Å². The van der Waals surface area contributed by atoms with Gasteiger partial charge in [-0.2, -0.15) is 21.6 Å². The maximum absolute atomic E-state index is 12.5. The minimum absolute atomic E-state index is 0.0412.